The van der Waals surface area contributed by atoms with Gasteiger partial charge in [0.25, 0.3) is 0 Å². The van der Waals surface area contributed by atoms with Crippen LogP contribution in [0.3, 0.4) is 0 Å². The summed E-state index contributed by atoms with van der Waals surface area (Å²) in [7, 11) is 0.402. The molecule has 0 spiro atoms. The van der Waals surface area contributed by atoms with Gasteiger partial charge in [-0.2, -0.15) is 0 Å². The monoisotopic (exact) mass is 164 g/mol. The molecular formula is C10H14N2. The minimum atomic E-state index is 0.402. The van der Waals surface area contributed by atoms with Crippen molar-refractivity contribution in [3.8, 4) is 0 Å². The molecule has 1 aliphatic heterocycles. The quantitative estimate of drug-likeness (QED) is 0.629. The summed E-state index contributed by atoms with van der Waals surface area (Å²) in [6.45, 7) is 1.06. The fourth-order valence-corrected chi connectivity index (χ4v) is 1.78. The molecule has 2 rings (SSSR count). The van der Waals surface area contributed by atoms with Crippen molar-refractivity contribution < 1.29 is 1.37 Å². The summed E-state index contributed by atoms with van der Waals surface area (Å²) in [5, 5.41) is 0. The Hall–Kier alpha value is -0.890. The second kappa shape index (κ2) is 3.23. The lowest BCUT2D eigenvalue weighted by Crippen LogP contribution is -2.17. The Kier molecular flexibility index (Phi) is 1.78. The molecule has 0 bridgehead atoms. The van der Waals surface area contributed by atoms with Crippen molar-refractivity contribution in [3.05, 3.63) is 30.1 Å². The molecule has 1 saturated heterocycles. The molecule has 2 heterocycles. The maximum absolute atomic E-state index is 7.39. The Labute approximate surface area is 74.6 Å². The molecule has 2 nitrogen and oxygen atoms in total. The van der Waals surface area contributed by atoms with E-state index in [0.717, 1.165) is 6.54 Å². The SMILES string of the molecule is [3H]CN1CCC[C@H]1c1cccnc1. The maximum Gasteiger partial charge on any atom is 0.0394 e. The third-order valence-electron chi connectivity index (χ3n) is 2.43. The molecule has 0 radical (unpaired) electrons. The smallest absolute Gasteiger partial charge is 0.0394 e. The highest BCUT2D eigenvalue weighted by Gasteiger charge is 2.21. The number of hydrogen-bond acceptors (Lipinski definition) is 2. The van der Waals surface area contributed by atoms with Crippen LogP contribution in [0.5, 0.6) is 0 Å². The number of likely N-dealkylation sites (tertiary alicyclic amines) is 1. The third kappa shape index (κ3) is 1.34. The molecule has 0 aliphatic carbocycles. The van der Waals surface area contributed by atoms with E-state index in [9.17, 15) is 0 Å². The Morgan fingerprint density at radius 3 is 3.50 bits per heavy atom. The number of aromatic nitrogens is 1. The summed E-state index contributed by atoms with van der Waals surface area (Å²) in [4.78, 5) is 6.30. The molecule has 2 heteroatoms. The van der Waals surface area contributed by atoms with E-state index in [-0.39, 0.29) is 0 Å². The van der Waals surface area contributed by atoms with Crippen LogP contribution in [0.25, 0.3) is 0 Å². The van der Waals surface area contributed by atoms with Gasteiger partial charge in [-0.1, -0.05) is 6.07 Å². The Morgan fingerprint density at radius 1 is 1.75 bits per heavy atom. The lowest BCUT2D eigenvalue weighted by Gasteiger charge is -2.18. The van der Waals surface area contributed by atoms with Gasteiger partial charge in [0.05, 0.1) is 0 Å². The average Bonchev–Trinajstić information content (AvgIpc) is 2.67. The van der Waals surface area contributed by atoms with Crippen molar-refractivity contribution >= 4 is 0 Å². The largest absolute Gasteiger partial charge is 0.299 e. The number of hydrogen-bond donors (Lipinski definition) is 0. The van der Waals surface area contributed by atoms with Crippen LogP contribution in [0, 0.1) is 0 Å². The lowest BCUT2D eigenvalue weighted by atomic mass is 10.1. The van der Waals surface area contributed by atoms with Gasteiger partial charge in [0.1, 0.15) is 0 Å². The van der Waals surface area contributed by atoms with Crippen LogP contribution in [0.15, 0.2) is 24.5 Å². The predicted octanol–water partition coefficient (Wildman–Crippen LogP) is 1.85. The van der Waals surface area contributed by atoms with Crippen LogP contribution in [-0.2, 0) is 0 Å². The van der Waals surface area contributed by atoms with E-state index in [4.69, 9.17) is 1.37 Å². The third-order valence-corrected chi connectivity index (χ3v) is 2.43. The first-order valence-corrected chi connectivity index (χ1v) is 4.35. The molecule has 1 fully saturated rings. The van der Waals surface area contributed by atoms with Crippen molar-refractivity contribution in [2.45, 2.75) is 18.9 Å². The Bertz CT molecular complexity index is 263. The van der Waals surface area contributed by atoms with Gasteiger partial charge < -0.3 is 0 Å². The summed E-state index contributed by atoms with van der Waals surface area (Å²) in [5.41, 5.74) is 1.26. The second-order valence-corrected chi connectivity index (χ2v) is 3.26. The second-order valence-electron chi connectivity index (χ2n) is 3.26. The summed E-state index contributed by atoms with van der Waals surface area (Å²) < 4.78 is 7.39. The van der Waals surface area contributed by atoms with Crippen molar-refractivity contribution in [2.24, 2.45) is 0 Å². The molecular weight excluding hydrogens is 148 g/mol. The highest BCUT2D eigenvalue weighted by molar-refractivity contribution is 5.14. The van der Waals surface area contributed by atoms with Gasteiger partial charge in [-0.3, -0.25) is 9.88 Å². The van der Waals surface area contributed by atoms with Gasteiger partial charge in [0.15, 0.2) is 0 Å². The van der Waals surface area contributed by atoms with Gasteiger partial charge in [0, 0.05) is 19.8 Å². The minimum Gasteiger partial charge on any atom is -0.299 e. The van der Waals surface area contributed by atoms with E-state index in [1.165, 1.54) is 18.4 Å². The zero-order chi connectivity index (χ0) is 9.10. The first-order valence-electron chi connectivity index (χ1n) is 5.06. The van der Waals surface area contributed by atoms with Crippen molar-refractivity contribution in [2.75, 3.05) is 13.6 Å². The molecule has 1 aliphatic rings. The molecule has 0 N–H and O–H groups in total. The molecule has 0 amide bonds. The van der Waals surface area contributed by atoms with Crippen LogP contribution in [-0.4, -0.2) is 23.5 Å². The molecule has 1 aromatic rings. The average molecular weight is 164 g/mol. The fourth-order valence-electron chi connectivity index (χ4n) is 1.78. The standard InChI is InChI=1S/C10H14N2/c1-12-7-3-5-10(12)9-4-2-6-11-8-9/h2,4,6,8,10H,3,5,7H2,1H3/t10-/m0/s1/i1T. The lowest BCUT2D eigenvalue weighted by molar-refractivity contribution is 0.317. The van der Waals surface area contributed by atoms with E-state index < -0.39 is 0 Å². The van der Waals surface area contributed by atoms with Crippen LogP contribution >= 0.6 is 0 Å². The maximum atomic E-state index is 7.39. The van der Waals surface area contributed by atoms with Gasteiger partial charge >= 0.3 is 0 Å². The van der Waals surface area contributed by atoms with Crippen molar-refractivity contribution in [1.82, 2.24) is 9.88 Å². The van der Waals surface area contributed by atoms with Gasteiger partial charge in [-0.05, 0) is 38.0 Å². The molecule has 12 heavy (non-hydrogen) atoms. The van der Waals surface area contributed by atoms with Crippen molar-refractivity contribution in [1.29, 1.82) is 0 Å². The zero-order valence-electron chi connectivity index (χ0n) is 8.11. The van der Waals surface area contributed by atoms with Gasteiger partial charge in [0.2, 0.25) is 0 Å². The summed E-state index contributed by atoms with van der Waals surface area (Å²) in [6, 6.07) is 4.51. The van der Waals surface area contributed by atoms with Crippen LogP contribution in [0.1, 0.15) is 25.8 Å². The highest BCUT2D eigenvalue weighted by atomic mass is 15.1. The Balaban J connectivity index is 2.16. The summed E-state index contributed by atoms with van der Waals surface area (Å²) in [5.74, 6) is 0. The fraction of sp³-hybridized carbons (Fsp3) is 0.500. The van der Waals surface area contributed by atoms with E-state index in [0.29, 0.717) is 13.1 Å². The van der Waals surface area contributed by atoms with Gasteiger partial charge in [-0.15, -0.1) is 0 Å². The summed E-state index contributed by atoms with van der Waals surface area (Å²) >= 11 is 0. The number of pyridine rings is 1. The van der Waals surface area contributed by atoms with Crippen LogP contribution in [0.4, 0.5) is 0 Å². The van der Waals surface area contributed by atoms with E-state index in [1.807, 2.05) is 12.3 Å². The van der Waals surface area contributed by atoms with Crippen LogP contribution in [0.2, 0.25) is 0 Å². The highest BCUT2D eigenvalue weighted by Crippen LogP contribution is 2.29. The zero-order valence-corrected chi connectivity index (χ0v) is 7.11. The molecule has 0 saturated carbocycles. The van der Waals surface area contributed by atoms with Gasteiger partial charge in [-0.25, -0.2) is 0 Å². The van der Waals surface area contributed by atoms with E-state index in [2.05, 4.69) is 16.0 Å². The molecule has 64 valence electrons. The number of rotatable bonds is 1. The molecule has 1 atom stereocenters. The predicted molar refractivity (Wildman–Crippen MR) is 48.8 cm³/mol. The normalized spacial score (nSPS) is 25.7. The van der Waals surface area contributed by atoms with E-state index >= 15 is 0 Å². The Morgan fingerprint density at radius 2 is 2.75 bits per heavy atom. The molecule has 1 aromatic heterocycles. The van der Waals surface area contributed by atoms with E-state index in [1.54, 1.807) is 6.20 Å². The number of nitrogens with zero attached hydrogens (tertiary/aromatic N) is 2. The topological polar surface area (TPSA) is 16.1 Å². The first kappa shape index (κ1) is 6.61. The molecule has 0 unspecified atom stereocenters. The minimum absolute atomic E-state index is 0.402. The van der Waals surface area contributed by atoms with Crippen LogP contribution < -0.4 is 0 Å². The van der Waals surface area contributed by atoms with Crippen molar-refractivity contribution in [3.63, 3.8) is 0 Å². The molecule has 0 aromatic carbocycles. The first-order chi connectivity index (χ1) is 6.42. The summed E-state index contributed by atoms with van der Waals surface area (Å²) in [6.07, 6.45) is 6.09.